The number of benzene rings is 1. The highest BCUT2D eigenvalue weighted by Crippen LogP contribution is 2.40. The van der Waals surface area contributed by atoms with E-state index in [4.69, 9.17) is 4.74 Å². The van der Waals surface area contributed by atoms with Gasteiger partial charge in [0.05, 0.1) is 12.3 Å². The zero-order valence-corrected chi connectivity index (χ0v) is 16.2. The molecule has 3 rings (SSSR count). The molecular weight excluding hydrogens is 382 g/mol. The number of carbonyl (C=O) groups excluding carboxylic acids is 3. The largest absolute Gasteiger partial charge is 0.455 e. The van der Waals surface area contributed by atoms with Gasteiger partial charge in [-0.15, -0.1) is 10.2 Å². The number of rotatable bonds is 8. The average molecular weight is 403 g/mol. The number of nitrogens with zero attached hydrogens (tertiary/aromatic N) is 3. The second kappa shape index (κ2) is 9.36. The highest BCUT2D eigenvalue weighted by atomic mass is 32.2. The van der Waals surface area contributed by atoms with Crippen LogP contribution < -0.4 is 10.6 Å². The van der Waals surface area contributed by atoms with Crippen molar-refractivity contribution in [1.82, 2.24) is 25.4 Å². The second-order valence-corrected chi connectivity index (χ2v) is 7.21. The van der Waals surface area contributed by atoms with Crippen LogP contribution in [0.15, 0.2) is 35.5 Å². The van der Waals surface area contributed by atoms with Crippen molar-refractivity contribution < 1.29 is 19.1 Å². The van der Waals surface area contributed by atoms with Gasteiger partial charge in [-0.05, 0) is 18.4 Å². The number of thioether (sulfide) groups is 1. The number of nitrogens with one attached hydrogen (secondary N) is 2. The highest BCUT2D eigenvalue weighted by molar-refractivity contribution is 7.99. The van der Waals surface area contributed by atoms with Crippen LogP contribution in [0.2, 0.25) is 0 Å². The Kier molecular flexibility index (Phi) is 6.64. The van der Waals surface area contributed by atoms with Gasteiger partial charge >= 0.3 is 12.0 Å². The SMILES string of the molecule is CNC(=O)NC(=O)COC(=O)CSc1nnc(C2CC2)n1Cc1ccccc1. The standard InChI is InChI=1S/C18H21N5O4S/c1-19-17(26)20-14(24)10-27-15(25)11-28-18-22-21-16(13-7-8-13)23(18)9-12-5-3-2-4-6-12/h2-6,13H,7-11H2,1H3,(H2,19,20,24,26). The molecule has 28 heavy (non-hydrogen) atoms. The number of imide groups is 1. The van der Waals surface area contributed by atoms with E-state index in [1.165, 1.54) is 18.8 Å². The number of hydrogen-bond acceptors (Lipinski definition) is 7. The van der Waals surface area contributed by atoms with Gasteiger partial charge in [0.1, 0.15) is 5.82 Å². The first-order valence-electron chi connectivity index (χ1n) is 8.84. The fraction of sp³-hybridized carbons (Fsp3) is 0.389. The molecule has 1 aliphatic rings. The van der Waals surface area contributed by atoms with Crippen LogP contribution in [-0.4, -0.2) is 52.1 Å². The number of esters is 1. The van der Waals surface area contributed by atoms with Crippen molar-refractivity contribution in [2.24, 2.45) is 0 Å². The van der Waals surface area contributed by atoms with E-state index in [9.17, 15) is 14.4 Å². The fourth-order valence-electron chi connectivity index (χ4n) is 2.50. The summed E-state index contributed by atoms with van der Waals surface area (Å²) < 4.78 is 6.92. The Hall–Kier alpha value is -2.88. The van der Waals surface area contributed by atoms with Gasteiger partial charge in [-0.2, -0.15) is 0 Å². The molecule has 0 radical (unpaired) electrons. The summed E-state index contributed by atoms with van der Waals surface area (Å²) in [6.45, 7) is 0.114. The molecule has 3 amide bonds. The molecule has 9 nitrogen and oxygen atoms in total. The topological polar surface area (TPSA) is 115 Å². The number of urea groups is 1. The number of carbonyl (C=O) groups is 3. The van der Waals surface area contributed by atoms with Crippen LogP contribution in [-0.2, 0) is 20.9 Å². The molecule has 1 aliphatic carbocycles. The van der Waals surface area contributed by atoms with Gasteiger partial charge in [0.25, 0.3) is 5.91 Å². The average Bonchev–Trinajstić information content (AvgIpc) is 3.47. The minimum atomic E-state index is -0.694. The Bertz CT molecular complexity index is 851. The third-order valence-electron chi connectivity index (χ3n) is 4.03. The Morgan fingerprint density at radius 1 is 1.21 bits per heavy atom. The Morgan fingerprint density at radius 2 is 1.96 bits per heavy atom. The van der Waals surface area contributed by atoms with Gasteiger partial charge in [-0.3, -0.25) is 14.9 Å². The molecule has 0 atom stereocenters. The summed E-state index contributed by atoms with van der Waals surface area (Å²) in [5, 5.41) is 13.4. The molecule has 148 valence electrons. The number of ether oxygens (including phenoxy) is 1. The molecule has 0 spiro atoms. The van der Waals surface area contributed by atoms with Crippen molar-refractivity contribution in [1.29, 1.82) is 0 Å². The van der Waals surface area contributed by atoms with Gasteiger partial charge < -0.3 is 14.6 Å². The molecule has 1 aromatic heterocycles. The minimum absolute atomic E-state index is 0.00908. The zero-order valence-electron chi connectivity index (χ0n) is 15.4. The Morgan fingerprint density at radius 3 is 2.64 bits per heavy atom. The monoisotopic (exact) mass is 403 g/mol. The highest BCUT2D eigenvalue weighted by Gasteiger charge is 2.30. The van der Waals surface area contributed by atoms with Crippen LogP contribution in [0.3, 0.4) is 0 Å². The predicted molar refractivity (Wildman–Crippen MR) is 102 cm³/mol. The third kappa shape index (κ3) is 5.56. The summed E-state index contributed by atoms with van der Waals surface area (Å²) in [5.74, 6) is 0.0843. The predicted octanol–water partition coefficient (Wildman–Crippen LogP) is 1.29. The third-order valence-corrected chi connectivity index (χ3v) is 4.98. The van der Waals surface area contributed by atoms with Crippen LogP contribution in [0.5, 0.6) is 0 Å². The molecular formula is C18H21N5O4S. The van der Waals surface area contributed by atoms with Crippen LogP contribution in [0.4, 0.5) is 4.79 Å². The molecule has 0 bridgehead atoms. The van der Waals surface area contributed by atoms with E-state index in [0.29, 0.717) is 17.6 Å². The summed E-state index contributed by atoms with van der Waals surface area (Å²) in [5.41, 5.74) is 1.12. The fourth-order valence-corrected chi connectivity index (χ4v) is 3.24. The molecule has 1 saturated carbocycles. The van der Waals surface area contributed by atoms with E-state index in [-0.39, 0.29) is 5.75 Å². The lowest BCUT2D eigenvalue weighted by molar-refractivity contribution is -0.145. The number of aromatic nitrogens is 3. The van der Waals surface area contributed by atoms with Crippen LogP contribution in [0.25, 0.3) is 0 Å². The molecule has 1 fully saturated rings. The first kappa shape index (κ1) is 19.9. The molecule has 2 aromatic rings. The zero-order chi connectivity index (χ0) is 19.9. The van der Waals surface area contributed by atoms with Crippen LogP contribution in [0.1, 0.15) is 30.1 Å². The van der Waals surface area contributed by atoms with Crippen molar-refractivity contribution in [3.8, 4) is 0 Å². The van der Waals surface area contributed by atoms with Gasteiger partial charge in [0.2, 0.25) is 0 Å². The quantitative estimate of drug-likeness (QED) is 0.504. The smallest absolute Gasteiger partial charge is 0.321 e. The van der Waals surface area contributed by atoms with E-state index in [1.807, 2.05) is 40.2 Å². The lowest BCUT2D eigenvalue weighted by atomic mass is 10.2. The Labute approximate surface area is 166 Å². The molecule has 2 N–H and O–H groups in total. The normalized spacial score (nSPS) is 13.0. The van der Waals surface area contributed by atoms with Crippen LogP contribution >= 0.6 is 11.8 Å². The summed E-state index contributed by atoms with van der Waals surface area (Å²) in [4.78, 5) is 34.4. The molecule has 1 aromatic carbocycles. The van der Waals surface area contributed by atoms with E-state index in [1.54, 1.807) is 0 Å². The van der Waals surface area contributed by atoms with E-state index in [2.05, 4.69) is 15.5 Å². The summed E-state index contributed by atoms with van der Waals surface area (Å²) >= 11 is 1.21. The maximum Gasteiger partial charge on any atom is 0.321 e. The van der Waals surface area contributed by atoms with Crippen molar-refractivity contribution in [3.63, 3.8) is 0 Å². The Balaban J connectivity index is 1.56. The first-order chi connectivity index (χ1) is 13.6. The van der Waals surface area contributed by atoms with Crippen molar-refractivity contribution in [2.75, 3.05) is 19.4 Å². The summed E-state index contributed by atoms with van der Waals surface area (Å²) in [7, 11) is 1.38. The summed E-state index contributed by atoms with van der Waals surface area (Å²) in [6, 6.07) is 9.32. The molecule has 0 saturated heterocycles. The lowest BCUT2D eigenvalue weighted by Gasteiger charge is -2.10. The van der Waals surface area contributed by atoms with E-state index < -0.39 is 24.5 Å². The minimum Gasteiger partial charge on any atom is -0.455 e. The van der Waals surface area contributed by atoms with Crippen LogP contribution in [0, 0.1) is 0 Å². The van der Waals surface area contributed by atoms with Gasteiger partial charge in [0.15, 0.2) is 11.8 Å². The molecule has 0 unspecified atom stereocenters. The summed E-state index contributed by atoms with van der Waals surface area (Å²) in [6.07, 6.45) is 2.19. The maximum absolute atomic E-state index is 11.9. The van der Waals surface area contributed by atoms with Crippen molar-refractivity contribution >= 4 is 29.7 Å². The second-order valence-electron chi connectivity index (χ2n) is 6.26. The van der Waals surface area contributed by atoms with Gasteiger partial charge in [-0.1, -0.05) is 42.1 Å². The molecule has 1 heterocycles. The molecule has 0 aliphatic heterocycles. The van der Waals surface area contributed by atoms with E-state index >= 15 is 0 Å². The number of amides is 3. The van der Waals surface area contributed by atoms with Crippen molar-refractivity contribution in [3.05, 3.63) is 41.7 Å². The van der Waals surface area contributed by atoms with Gasteiger partial charge in [0, 0.05) is 13.0 Å². The van der Waals surface area contributed by atoms with E-state index in [0.717, 1.165) is 24.2 Å². The lowest BCUT2D eigenvalue weighted by Crippen LogP contribution is -2.39. The maximum atomic E-state index is 11.9. The molecule has 10 heteroatoms. The number of hydrogen-bond donors (Lipinski definition) is 2. The first-order valence-corrected chi connectivity index (χ1v) is 9.82. The van der Waals surface area contributed by atoms with Gasteiger partial charge in [-0.25, -0.2) is 4.79 Å². The van der Waals surface area contributed by atoms with Crippen molar-refractivity contribution in [2.45, 2.75) is 30.5 Å².